The van der Waals surface area contributed by atoms with Crippen LogP contribution >= 0.6 is 0 Å². The van der Waals surface area contributed by atoms with Crippen LogP contribution in [0.1, 0.15) is 50.5 Å². The fourth-order valence-electron chi connectivity index (χ4n) is 5.73. The van der Waals surface area contributed by atoms with Gasteiger partial charge in [-0.2, -0.15) is 0 Å². The van der Waals surface area contributed by atoms with Crippen molar-refractivity contribution in [2.45, 2.75) is 64.8 Å². The van der Waals surface area contributed by atoms with Gasteiger partial charge in [-0.3, -0.25) is 24.2 Å². The number of ether oxygens (including phenoxy) is 6. The number of hydrogen-bond acceptors (Lipinski definition) is 12. The van der Waals surface area contributed by atoms with E-state index in [2.05, 4.69) is 4.99 Å². The Morgan fingerprint density at radius 2 is 1.33 bits per heavy atom. The van der Waals surface area contributed by atoms with Gasteiger partial charge in [-0.1, -0.05) is 60.7 Å². The molecular formula is C40H39NO11. The van der Waals surface area contributed by atoms with Gasteiger partial charge in [-0.15, -0.1) is 0 Å². The van der Waals surface area contributed by atoms with Crippen LogP contribution in [0.5, 0.6) is 11.5 Å². The standard InChI is InChI=1S/C40H39NO11/c1-24(42)47-23-36-38(49-25(2)43)40(51-27(4)45)39(50-26(3)44)37(52-36)30-12-10-29(11-13-30)31-14-15-32(21-41-33-16-18-34(46)19-17-33)35(20-31)48-22-28-8-6-5-7-9-28/h5-21,36-40,46H,22-23H2,1-4H3/t36?,37-,38+,39?,40?/m0/s1. The Balaban J connectivity index is 1.47. The quantitative estimate of drug-likeness (QED) is 0.102. The Morgan fingerprint density at radius 3 is 1.96 bits per heavy atom. The van der Waals surface area contributed by atoms with Crippen LogP contribution in [0, 0.1) is 0 Å². The van der Waals surface area contributed by atoms with Crippen molar-refractivity contribution in [3.05, 3.63) is 114 Å². The molecule has 270 valence electrons. The maximum absolute atomic E-state index is 12.3. The van der Waals surface area contributed by atoms with Gasteiger partial charge < -0.3 is 33.5 Å². The van der Waals surface area contributed by atoms with Crippen molar-refractivity contribution in [1.29, 1.82) is 0 Å². The molecule has 0 saturated carbocycles. The highest BCUT2D eigenvalue weighted by Crippen LogP contribution is 2.39. The molecule has 1 aliphatic heterocycles. The minimum atomic E-state index is -1.27. The summed E-state index contributed by atoms with van der Waals surface area (Å²) in [5.41, 5.74) is 4.59. The Kier molecular flexibility index (Phi) is 12.4. The summed E-state index contributed by atoms with van der Waals surface area (Å²) in [5.74, 6) is -1.94. The predicted octanol–water partition coefficient (Wildman–Crippen LogP) is 6.19. The molecular weight excluding hydrogens is 670 g/mol. The van der Waals surface area contributed by atoms with Crippen LogP contribution in [0.25, 0.3) is 11.1 Å². The van der Waals surface area contributed by atoms with Crippen molar-refractivity contribution in [2.24, 2.45) is 4.99 Å². The van der Waals surface area contributed by atoms with Crippen molar-refractivity contribution in [3.63, 3.8) is 0 Å². The van der Waals surface area contributed by atoms with Crippen LogP contribution in [0.4, 0.5) is 5.69 Å². The second kappa shape index (κ2) is 17.3. The first-order chi connectivity index (χ1) is 25.0. The average molecular weight is 710 g/mol. The van der Waals surface area contributed by atoms with E-state index in [1.165, 1.54) is 27.7 Å². The lowest BCUT2D eigenvalue weighted by molar-refractivity contribution is -0.254. The van der Waals surface area contributed by atoms with Crippen LogP contribution < -0.4 is 4.74 Å². The molecule has 12 heteroatoms. The van der Waals surface area contributed by atoms with E-state index in [9.17, 15) is 24.3 Å². The monoisotopic (exact) mass is 709 g/mol. The molecule has 1 saturated heterocycles. The molecule has 1 fully saturated rings. The maximum Gasteiger partial charge on any atom is 0.303 e. The summed E-state index contributed by atoms with van der Waals surface area (Å²) in [6.45, 7) is 4.78. The molecule has 1 N–H and O–H groups in total. The van der Waals surface area contributed by atoms with Crippen molar-refractivity contribution in [2.75, 3.05) is 6.61 Å². The van der Waals surface area contributed by atoms with Gasteiger partial charge in [0.15, 0.2) is 18.3 Å². The Morgan fingerprint density at radius 1 is 0.712 bits per heavy atom. The molecule has 5 rings (SSSR count). The number of aliphatic imine (C=N–C) groups is 1. The van der Waals surface area contributed by atoms with E-state index in [1.807, 2.05) is 60.7 Å². The Bertz CT molecular complexity index is 1890. The lowest BCUT2D eigenvalue weighted by Crippen LogP contribution is -2.59. The molecule has 0 aliphatic carbocycles. The molecule has 52 heavy (non-hydrogen) atoms. The zero-order chi connectivity index (χ0) is 37.2. The van der Waals surface area contributed by atoms with Crippen LogP contribution in [0.3, 0.4) is 0 Å². The lowest BCUT2D eigenvalue weighted by Gasteiger charge is -2.44. The fraction of sp³-hybridized carbons (Fsp3) is 0.275. The number of phenols is 1. The van der Waals surface area contributed by atoms with E-state index in [1.54, 1.807) is 42.6 Å². The van der Waals surface area contributed by atoms with Crippen molar-refractivity contribution in [1.82, 2.24) is 0 Å². The molecule has 1 heterocycles. The maximum atomic E-state index is 12.3. The minimum Gasteiger partial charge on any atom is -0.508 e. The van der Waals surface area contributed by atoms with Gasteiger partial charge in [0.2, 0.25) is 0 Å². The second-order valence-corrected chi connectivity index (χ2v) is 12.0. The van der Waals surface area contributed by atoms with Crippen LogP contribution in [-0.4, -0.2) is 66.2 Å². The molecule has 0 aromatic heterocycles. The van der Waals surface area contributed by atoms with E-state index in [0.717, 1.165) is 22.3 Å². The summed E-state index contributed by atoms with van der Waals surface area (Å²) in [7, 11) is 0. The van der Waals surface area contributed by atoms with E-state index >= 15 is 0 Å². The van der Waals surface area contributed by atoms with E-state index < -0.39 is 54.4 Å². The number of rotatable bonds is 12. The third kappa shape index (κ3) is 10.0. The first kappa shape index (κ1) is 37.3. The topological polar surface area (TPSA) is 156 Å². The van der Waals surface area contributed by atoms with Gasteiger partial charge in [0, 0.05) is 39.5 Å². The van der Waals surface area contributed by atoms with Gasteiger partial charge >= 0.3 is 23.9 Å². The van der Waals surface area contributed by atoms with Crippen LogP contribution in [0.2, 0.25) is 0 Å². The number of aromatic hydroxyl groups is 1. The smallest absolute Gasteiger partial charge is 0.303 e. The largest absolute Gasteiger partial charge is 0.508 e. The first-order valence-electron chi connectivity index (χ1n) is 16.5. The molecule has 5 atom stereocenters. The summed E-state index contributed by atoms with van der Waals surface area (Å²) < 4.78 is 34.5. The lowest BCUT2D eigenvalue weighted by atomic mass is 9.89. The van der Waals surface area contributed by atoms with E-state index in [0.29, 0.717) is 23.6 Å². The van der Waals surface area contributed by atoms with Crippen LogP contribution in [-0.2, 0) is 49.5 Å². The third-order valence-electron chi connectivity index (χ3n) is 8.02. The molecule has 4 aromatic carbocycles. The summed E-state index contributed by atoms with van der Waals surface area (Å²) in [4.78, 5) is 52.9. The highest BCUT2D eigenvalue weighted by molar-refractivity contribution is 5.87. The minimum absolute atomic E-state index is 0.148. The number of esters is 4. The molecule has 4 aromatic rings. The second-order valence-electron chi connectivity index (χ2n) is 12.0. The van der Waals surface area contributed by atoms with Gasteiger partial charge in [-0.05, 0) is 58.7 Å². The zero-order valence-electron chi connectivity index (χ0n) is 29.1. The average Bonchev–Trinajstić information content (AvgIpc) is 3.11. The summed E-state index contributed by atoms with van der Waals surface area (Å²) >= 11 is 0. The summed E-state index contributed by atoms with van der Waals surface area (Å²) in [5, 5.41) is 9.63. The van der Waals surface area contributed by atoms with Gasteiger partial charge in [0.05, 0.1) is 5.69 Å². The molecule has 12 nitrogen and oxygen atoms in total. The number of carbonyl (C=O) groups is 4. The Labute approximate surface area is 300 Å². The summed E-state index contributed by atoms with van der Waals surface area (Å²) in [6, 6.07) is 29.3. The third-order valence-corrected chi connectivity index (χ3v) is 8.02. The first-order valence-corrected chi connectivity index (χ1v) is 16.5. The van der Waals surface area contributed by atoms with Crippen molar-refractivity contribution >= 4 is 35.8 Å². The normalized spacial score (nSPS) is 19.7. The van der Waals surface area contributed by atoms with Gasteiger partial charge in [0.1, 0.15) is 36.9 Å². The SMILES string of the molecule is CC(=O)OCC1O[C@@H](c2ccc(-c3ccc(C=Nc4ccc(O)cc4)c(OCc4ccccc4)c3)cc2)C(OC(C)=O)C(OC(C)=O)[C@@H]1OC(C)=O. The molecule has 3 unspecified atom stereocenters. The molecule has 0 bridgehead atoms. The van der Waals surface area contributed by atoms with Gasteiger partial charge in [-0.25, -0.2) is 0 Å². The number of carbonyl (C=O) groups excluding carboxylic acids is 4. The van der Waals surface area contributed by atoms with Crippen molar-refractivity contribution < 1.29 is 52.7 Å². The molecule has 0 amide bonds. The highest BCUT2D eigenvalue weighted by Gasteiger charge is 2.52. The van der Waals surface area contributed by atoms with Gasteiger partial charge in [0.25, 0.3) is 0 Å². The highest BCUT2D eigenvalue weighted by atomic mass is 16.7. The molecule has 1 aliphatic rings. The summed E-state index contributed by atoms with van der Waals surface area (Å²) in [6.07, 6.45) is -4.10. The molecule has 0 radical (unpaired) electrons. The predicted molar refractivity (Wildman–Crippen MR) is 189 cm³/mol. The van der Waals surface area contributed by atoms with E-state index in [4.69, 9.17) is 28.4 Å². The number of phenolic OH excluding ortho intramolecular Hbond substituents is 1. The van der Waals surface area contributed by atoms with Crippen molar-refractivity contribution in [3.8, 4) is 22.6 Å². The van der Waals surface area contributed by atoms with Crippen LogP contribution in [0.15, 0.2) is 102 Å². The number of hydrogen-bond donors (Lipinski definition) is 1. The number of nitrogens with zero attached hydrogens (tertiary/aromatic N) is 1. The number of benzene rings is 4. The fourth-order valence-corrected chi connectivity index (χ4v) is 5.73. The molecule has 0 spiro atoms. The zero-order valence-corrected chi connectivity index (χ0v) is 29.1. The Hall–Kier alpha value is -6.01. The van der Waals surface area contributed by atoms with E-state index in [-0.39, 0.29) is 12.4 Å².